The molecule has 2 saturated heterocycles. The number of carbonyl (C=O) groups excluding carboxylic acids is 3. The van der Waals surface area contributed by atoms with E-state index < -0.39 is 49.0 Å². The smallest absolute Gasteiger partial charge is 0.333 e. The molecule has 9 nitrogen and oxygen atoms in total. The number of urea groups is 1. The van der Waals surface area contributed by atoms with Gasteiger partial charge in [0.05, 0.1) is 6.61 Å². The average Bonchev–Trinajstić information content (AvgIpc) is 2.69. The molecular formula is C8H10N2O7. The lowest BCUT2D eigenvalue weighted by molar-refractivity contribution is -0.149. The molecule has 2 aliphatic heterocycles. The Balaban J connectivity index is 2.21. The summed E-state index contributed by atoms with van der Waals surface area (Å²) in [6.07, 6.45) is -5.62. The zero-order valence-corrected chi connectivity index (χ0v) is 8.44. The predicted molar refractivity (Wildman–Crippen MR) is 48.1 cm³/mol. The second-order valence-corrected chi connectivity index (χ2v) is 3.66. The third-order valence-electron chi connectivity index (χ3n) is 2.62. The van der Waals surface area contributed by atoms with E-state index in [-0.39, 0.29) is 0 Å². The lowest BCUT2D eigenvalue weighted by Crippen LogP contribution is -2.47. The molecule has 4 atom stereocenters. The Morgan fingerprint density at radius 1 is 1.24 bits per heavy atom. The number of nitrogens with one attached hydrogen (secondary N) is 1. The highest BCUT2D eigenvalue weighted by Crippen LogP contribution is 2.25. The van der Waals surface area contributed by atoms with E-state index in [1.807, 2.05) is 0 Å². The van der Waals surface area contributed by atoms with Gasteiger partial charge in [0.2, 0.25) is 0 Å². The van der Waals surface area contributed by atoms with E-state index in [0.29, 0.717) is 4.90 Å². The maximum absolute atomic E-state index is 11.3. The molecule has 0 bridgehead atoms. The topological polar surface area (TPSA) is 136 Å². The first kappa shape index (κ1) is 11.9. The molecule has 17 heavy (non-hydrogen) atoms. The number of aliphatic hydroxyl groups is 3. The van der Waals surface area contributed by atoms with Crippen LogP contribution in [-0.2, 0) is 14.3 Å². The summed E-state index contributed by atoms with van der Waals surface area (Å²) >= 11 is 0. The third-order valence-corrected chi connectivity index (χ3v) is 2.62. The van der Waals surface area contributed by atoms with Crippen LogP contribution in [0.15, 0.2) is 0 Å². The minimum Gasteiger partial charge on any atom is -0.394 e. The second kappa shape index (κ2) is 4.04. The minimum atomic E-state index is -1.58. The van der Waals surface area contributed by atoms with E-state index in [1.54, 1.807) is 5.32 Å². The fraction of sp³-hybridized carbons (Fsp3) is 0.625. The summed E-state index contributed by atoms with van der Waals surface area (Å²) in [7, 11) is 0. The van der Waals surface area contributed by atoms with Gasteiger partial charge in [-0.05, 0) is 0 Å². The van der Waals surface area contributed by atoms with E-state index in [2.05, 4.69) is 0 Å². The van der Waals surface area contributed by atoms with Gasteiger partial charge in [-0.15, -0.1) is 0 Å². The van der Waals surface area contributed by atoms with Crippen molar-refractivity contribution in [2.45, 2.75) is 24.5 Å². The van der Waals surface area contributed by atoms with Crippen LogP contribution in [0.3, 0.4) is 0 Å². The lowest BCUT2D eigenvalue weighted by Gasteiger charge is -2.22. The summed E-state index contributed by atoms with van der Waals surface area (Å²) < 4.78 is 4.95. The molecule has 9 heteroatoms. The number of nitrogens with zero attached hydrogens (tertiary/aromatic N) is 1. The molecule has 0 aromatic carbocycles. The van der Waals surface area contributed by atoms with Crippen molar-refractivity contribution in [3.8, 4) is 0 Å². The molecule has 0 spiro atoms. The number of aliphatic hydroxyl groups excluding tert-OH is 3. The van der Waals surface area contributed by atoms with Gasteiger partial charge in [-0.3, -0.25) is 14.9 Å². The van der Waals surface area contributed by atoms with Crippen molar-refractivity contribution >= 4 is 17.8 Å². The van der Waals surface area contributed by atoms with Crippen molar-refractivity contribution < 1.29 is 34.4 Å². The Morgan fingerprint density at radius 2 is 1.88 bits per heavy atom. The Morgan fingerprint density at radius 3 is 2.29 bits per heavy atom. The summed E-state index contributed by atoms with van der Waals surface area (Å²) in [6, 6.07) is -1.03. The largest absolute Gasteiger partial charge is 0.394 e. The number of carbonyl (C=O) groups is 3. The number of hydrogen-bond donors (Lipinski definition) is 4. The number of ether oxygens (including phenoxy) is 1. The number of hydrogen-bond acceptors (Lipinski definition) is 7. The molecule has 0 aromatic rings. The van der Waals surface area contributed by atoms with Crippen LogP contribution in [0.5, 0.6) is 0 Å². The minimum absolute atomic E-state index is 0.381. The average molecular weight is 246 g/mol. The van der Waals surface area contributed by atoms with Crippen LogP contribution >= 0.6 is 0 Å². The van der Waals surface area contributed by atoms with Crippen molar-refractivity contribution in [1.29, 1.82) is 0 Å². The van der Waals surface area contributed by atoms with Crippen LogP contribution in [0.4, 0.5) is 4.79 Å². The number of imide groups is 2. The van der Waals surface area contributed by atoms with Gasteiger partial charge in [0, 0.05) is 0 Å². The van der Waals surface area contributed by atoms with Gasteiger partial charge in [0.15, 0.2) is 6.23 Å². The van der Waals surface area contributed by atoms with Crippen molar-refractivity contribution in [2.24, 2.45) is 0 Å². The quantitative estimate of drug-likeness (QED) is 0.293. The monoisotopic (exact) mass is 246 g/mol. The fourth-order valence-electron chi connectivity index (χ4n) is 1.74. The molecule has 0 saturated carbocycles. The summed E-state index contributed by atoms with van der Waals surface area (Å²) in [6.45, 7) is -0.591. The first-order valence-electron chi connectivity index (χ1n) is 4.78. The maximum Gasteiger partial charge on any atom is 0.333 e. The SMILES string of the molecule is O=C1NC(=O)N([C@@H]2O[C@H](CO)[C@@H](O)[C@H]2O)C1=O. The van der Waals surface area contributed by atoms with E-state index in [0.717, 1.165) is 0 Å². The zero-order chi connectivity index (χ0) is 12.7. The molecular weight excluding hydrogens is 236 g/mol. The van der Waals surface area contributed by atoms with E-state index in [1.165, 1.54) is 0 Å². The Kier molecular flexibility index (Phi) is 2.83. The van der Waals surface area contributed by atoms with Gasteiger partial charge in [0.25, 0.3) is 0 Å². The standard InChI is InChI=1S/C8H10N2O7/c11-1-2-3(12)4(13)7(17-2)10-6(15)5(14)9-8(10)16/h2-4,7,11-13H,1H2,(H,9,14,16)/t2-,3-,4-,7-/m1/s1. The number of amides is 4. The highest BCUT2D eigenvalue weighted by Gasteiger charge is 2.52. The Labute approximate surface area is 94.6 Å². The first-order chi connectivity index (χ1) is 7.97. The van der Waals surface area contributed by atoms with Gasteiger partial charge in [-0.25, -0.2) is 9.69 Å². The maximum atomic E-state index is 11.3. The van der Waals surface area contributed by atoms with Crippen LogP contribution in [0.2, 0.25) is 0 Å². The molecule has 2 aliphatic rings. The van der Waals surface area contributed by atoms with Crippen LogP contribution in [-0.4, -0.2) is 69.2 Å². The van der Waals surface area contributed by atoms with Gasteiger partial charge < -0.3 is 20.1 Å². The van der Waals surface area contributed by atoms with Crippen molar-refractivity contribution in [1.82, 2.24) is 10.2 Å². The summed E-state index contributed by atoms with van der Waals surface area (Å²) in [5.74, 6) is -2.31. The fourth-order valence-corrected chi connectivity index (χ4v) is 1.74. The molecule has 0 aliphatic carbocycles. The van der Waals surface area contributed by atoms with Crippen LogP contribution in [0.25, 0.3) is 0 Å². The van der Waals surface area contributed by atoms with E-state index in [4.69, 9.17) is 9.84 Å². The van der Waals surface area contributed by atoms with E-state index >= 15 is 0 Å². The summed E-state index contributed by atoms with van der Waals surface area (Å²) in [5.41, 5.74) is 0. The molecule has 0 unspecified atom stereocenters. The molecule has 4 N–H and O–H groups in total. The van der Waals surface area contributed by atoms with Gasteiger partial charge in [-0.2, -0.15) is 0 Å². The van der Waals surface area contributed by atoms with Crippen LogP contribution < -0.4 is 5.32 Å². The van der Waals surface area contributed by atoms with E-state index in [9.17, 15) is 24.6 Å². The van der Waals surface area contributed by atoms with Gasteiger partial charge in [0.1, 0.15) is 18.3 Å². The highest BCUT2D eigenvalue weighted by molar-refractivity contribution is 6.44. The van der Waals surface area contributed by atoms with Crippen LogP contribution in [0, 0.1) is 0 Å². The van der Waals surface area contributed by atoms with Crippen molar-refractivity contribution in [3.63, 3.8) is 0 Å². The molecule has 2 rings (SSSR count). The van der Waals surface area contributed by atoms with Gasteiger partial charge in [-0.1, -0.05) is 0 Å². The van der Waals surface area contributed by atoms with Crippen LogP contribution in [0.1, 0.15) is 0 Å². The van der Waals surface area contributed by atoms with Crippen molar-refractivity contribution in [3.05, 3.63) is 0 Å². The number of rotatable bonds is 2. The molecule has 0 aromatic heterocycles. The third kappa shape index (κ3) is 1.69. The molecule has 4 amide bonds. The normalized spacial score (nSPS) is 37.8. The zero-order valence-electron chi connectivity index (χ0n) is 8.44. The molecule has 94 valence electrons. The lowest BCUT2D eigenvalue weighted by atomic mass is 10.1. The highest BCUT2D eigenvalue weighted by atomic mass is 16.6. The summed E-state index contributed by atoms with van der Waals surface area (Å²) in [4.78, 5) is 33.9. The Hall–Kier alpha value is -1.55. The van der Waals surface area contributed by atoms with Gasteiger partial charge >= 0.3 is 17.8 Å². The Bertz CT molecular complexity index is 384. The molecule has 2 fully saturated rings. The van der Waals surface area contributed by atoms with Crippen molar-refractivity contribution in [2.75, 3.05) is 6.61 Å². The molecule has 0 radical (unpaired) electrons. The second-order valence-electron chi connectivity index (χ2n) is 3.66. The predicted octanol–water partition coefficient (Wildman–Crippen LogP) is -3.50. The molecule has 2 heterocycles. The first-order valence-corrected chi connectivity index (χ1v) is 4.78. The summed E-state index contributed by atoms with van der Waals surface area (Å²) in [5, 5.41) is 29.6.